The summed E-state index contributed by atoms with van der Waals surface area (Å²) in [6, 6.07) is 13.1. The zero-order valence-electron chi connectivity index (χ0n) is 17.9. The normalized spacial score (nSPS) is 17.7. The maximum atomic E-state index is 13.0. The molecule has 1 atom stereocenters. The Hall–Kier alpha value is -3.87. The molecule has 3 heterocycles. The molecule has 1 saturated heterocycles. The van der Waals surface area contributed by atoms with Gasteiger partial charge in [-0.2, -0.15) is 0 Å². The zero-order chi connectivity index (χ0) is 22.7. The lowest BCUT2D eigenvalue weighted by atomic mass is 9.97. The Labute approximate surface area is 186 Å². The molecule has 1 aliphatic rings. The fourth-order valence-corrected chi connectivity index (χ4v) is 3.78. The van der Waals surface area contributed by atoms with Crippen molar-refractivity contribution in [3.05, 3.63) is 89.1 Å². The second kappa shape index (κ2) is 9.09. The van der Waals surface area contributed by atoms with Gasteiger partial charge >= 0.3 is 0 Å². The Morgan fingerprint density at radius 1 is 1.19 bits per heavy atom. The van der Waals surface area contributed by atoms with Crippen molar-refractivity contribution in [3.8, 4) is 5.75 Å². The molecule has 0 spiro atoms. The van der Waals surface area contributed by atoms with Crippen molar-refractivity contribution < 1.29 is 23.8 Å². The van der Waals surface area contributed by atoms with Gasteiger partial charge in [0, 0.05) is 11.8 Å². The van der Waals surface area contributed by atoms with Crippen LogP contribution in [0.1, 0.15) is 42.0 Å². The van der Waals surface area contributed by atoms with E-state index in [1.807, 2.05) is 13.8 Å². The van der Waals surface area contributed by atoms with Crippen LogP contribution in [0.25, 0.3) is 5.76 Å². The SMILES string of the molecule is CCCOc1ccc(/C(O)=C2/C(=O)C(=O)N(Cc3ccco3)C2c2ccccn2)cc1C. The van der Waals surface area contributed by atoms with Gasteiger partial charge in [-0.25, -0.2) is 0 Å². The number of pyridine rings is 1. The van der Waals surface area contributed by atoms with Gasteiger partial charge < -0.3 is 19.2 Å². The third-order valence-electron chi connectivity index (χ3n) is 5.32. The topological polar surface area (TPSA) is 92.9 Å². The summed E-state index contributed by atoms with van der Waals surface area (Å²) in [6.45, 7) is 4.56. The second-order valence-electron chi connectivity index (χ2n) is 7.59. The van der Waals surface area contributed by atoms with Crippen molar-refractivity contribution in [2.24, 2.45) is 0 Å². The minimum atomic E-state index is -0.836. The third-order valence-corrected chi connectivity index (χ3v) is 5.32. The summed E-state index contributed by atoms with van der Waals surface area (Å²) in [5, 5.41) is 11.2. The van der Waals surface area contributed by atoms with Crippen LogP contribution in [0.15, 0.2) is 71.0 Å². The average molecular weight is 432 g/mol. The van der Waals surface area contributed by atoms with Gasteiger partial charge in [0.15, 0.2) is 0 Å². The molecule has 164 valence electrons. The Balaban J connectivity index is 1.79. The number of nitrogens with zero attached hydrogens (tertiary/aromatic N) is 2. The predicted octanol–water partition coefficient (Wildman–Crippen LogP) is 4.39. The number of carbonyl (C=O) groups excluding carboxylic acids is 2. The van der Waals surface area contributed by atoms with E-state index in [0.29, 0.717) is 29.4 Å². The van der Waals surface area contributed by atoms with Gasteiger partial charge in [0.25, 0.3) is 11.7 Å². The lowest BCUT2D eigenvalue weighted by molar-refractivity contribution is -0.140. The van der Waals surface area contributed by atoms with Crippen molar-refractivity contribution in [3.63, 3.8) is 0 Å². The van der Waals surface area contributed by atoms with Gasteiger partial charge in [-0.1, -0.05) is 13.0 Å². The molecule has 0 saturated carbocycles. The minimum Gasteiger partial charge on any atom is -0.507 e. The van der Waals surface area contributed by atoms with Gasteiger partial charge in [-0.15, -0.1) is 0 Å². The number of likely N-dealkylation sites (tertiary alicyclic amines) is 1. The van der Waals surface area contributed by atoms with Crippen LogP contribution in [0, 0.1) is 6.92 Å². The van der Waals surface area contributed by atoms with E-state index in [9.17, 15) is 14.7 Å². The molecule has 1 aromatic carbocycles. The fourth-order valence-electron chi connectivity index (χ4n) is 3.78. The van der Waals surface area contributed by atoms with Crippen molar-refractivity contribution in [1.82, 2.24) is 9.88 Å². The molecule has 1 aliphatic heterocycles. The number of ether oxygens (including phenoxy) is 1. The highest BCUT2D eigenvalue weighted by Gasteiger charge is 2.47. The predicted molar refractivity (Wildman–Crippen MR) is 118 cm³/mol. The van der Waals surface area contributed by atoms with E-state index in [2.05, 4.69) is 4.98 Å². The molecule has 1 unspecified atom stereocenters. The molecular formula is C25H24N2O5. The van der Waals surface area contributed by atoms with E-state index in [0.717, 1.165) is 12.0 Å². The van der Waals surface area contributed by atoms with Gasteiger partial charge in [-0.05, 0) is 61.4 Å². The summed E-state index contributed by atoms with van der Waals surface area (Å²) in [6.07, 6.45) is 3.98. The van der Waals surface area contributed by atoms with Gasteiger partial charge in [0.05, 0.1) is 30.7 Å². The number of aliphatic hydroxyl groups excluding tert-OH is 1. The van der Waals surface area contributed by atoms with Crippen molar-refractivity contribution >= 4 is 17.4 Å². The molecule has 7 heteroatoms. The first-order chi connectivity index (χ1) is 15.5. The number of ketones is 1. The Morgan fingerprint density at radius 3 is 2.69 bits per heavy atom. The number of hydrogen-bond acceptors (Lipinski definition) is 6. The summed E-state index contributed by atoms with van der Waals surface area (Å²) in [7, 11) is 0. The van der Waals surface area contributed by atoms with Crippen molar-refractivity contribution in [1.29, 1.82) is 0 Å². The molecule has 0 bridgehead atoms. The summed E-state index contributed by atoms with van der Waals surface area (Å²) < 4.78 is 11.1. The molecular weight excluding hydrogens is 408 g/mol. The maximum Gasteiger partial charge on any atom is 0.296 e. The molecule has 1 amide bonds. The summed E-state index contributed by atoms with van der Waals surface area (Å²) >= 11 is 0. The highest BCUT2D eigenvalue weighted by atomic mass is 16.5. The number of furan rings is 1. The summed E-state index contributed by atoms with van der Waals surface area (Å²) in [5.74, 6) is -0.470. The van der Waals surface area contributed by atoms with Gasteiger partial charge in [0.1, 0.15) is 23.3 Å². The zero-order valence-corrected chi connectivity index (χ0v) is 17.9. The first-order valence-electron chi connectivity index (χ1n) is 10.5. The van der Waals surface area contributed by atoms with Crippen LogP contribution in [0.5, 0.6) is 5.75 Å². The number of rotatable bonds is 7. The summed E-state index contributed by atoms with van der Waals surface area (Å²) in [4.78, 5) is 31.7. The van der Waals surface area contributed by atoms with E-state index >= 15 is 0 Å². The number of carbonyl (C=O) groups is 2. The number of aryl methyl sites for hydroxylation is 1. The van der Waals surface area contributed by atoms with E-state index in [1.165, 1.54) is 11.2 Å². The number of benzene rings is 1. The van der Waals surface area contributed by atoms with E-state index in [-0.39, 0.29) is 17.9 Å². The van der Waals surface area contributed by atoms with Crippen LogP contribution >= 0.6 is 0 Å². The largest absolute Gasteiger partial charge is 0.507 e. The lowest BCUT2D eigenvalue weighted by Crippen LogP contribution is -2.29. The van der Waals surface area contributed by atoms with E-state index in [1.54, 1.807) is 54.7 Å². The van der Waals surface area contributed by atoms with Crippen LogP contribution in [-0.4, -0.2) is 33.3 Å². The van der Waals surface area contributed by atoms with Crippen LogP contribution in [0.2, 0.25) is 0 Å². The average Bonchev–Trinajstić information content (AvgIpc) is 3.41. The minimum absolute atomic E-state index is 0.00174. The first kappa shape index (κ1) is 21.4. The van der Waals surface area contributed by atoms with Crippen LogP contribution in [-0.2, 0) is 16.1 Å². The Bertz CT molecular complexity index is 1150. The van der Waals surface area contributed by atoms with E-state index in [4.69, 9.17) is 9.15 Å². The molecule has 0 radical (unpaired) electrons. The lowest BCUT2D eigenvalue weighted by Gasteiger charge is -2.23. The van der Waals surface area contributed by atoms with Crippen LogP contribution in [0.4, 0.5) is 0 Å². The highest BCUT2D eigenvalue weighted by molar-refractivity contribution is 6.46. The number of aliphatic hydroxyl groups is 1. The quantitative estimate of drug-likeness (QED) is 0.338. The number of hydrogen-bond donors (Lipinski definition) is 1. The fraction of sp³-hybridized carbons (Fsp3) is 0.240. The standard InChI is InChI=1S/C25H24N2O5/c1-3-12-32-20-10-9-17(14-16(20)2)23(28)21-22(19-8-4-5-11-26-19)27(25(30)24(21)29)15-18-7-6-13-31-18/h4-11,13-14,22,28H,3,12,15H2,1-2H3/b23-21-. The van der Waals surface area contributed by atoms with Crippen molar-refractivity contribution in [2.45, 2.75) is 32.9 Å². The molecule has 4 rings (SSSR count). The molecule has 3 aromatic rings. The molecule has 0 aliphatic carbocycles. The molecule has 2 aromatic heterocycles. The van der Waals surface area contributed by atoms with Crippen LogP contribution in [0.3, 0.4) is 0 Å². The van der Waals surface area contributed by atoms with E-state index < -0.39 is 17.7 Å². The van der Waals surface area contributed by atoms with Crippen molar-refractivity contribution in [2.75, 3.05) is 6.61 Å². The number of Topliss-reactive ketones (excluding diaryl/α,β-unsaturated/α-hetero) is 1. The molecule has 7 nitrogen and oxygen atoms in total. The Kier molecular flexibility index (Phi) is 6.07. The third kappa shape index (κ3) is 4.01. The first-order valence-corrected chi connectivity index (χ1v) is 10.5. The van der Waals surface area contributed by atoms with Gasteiger partial charge in [0.2, 0.25) is 0 Å². The van der Waals surface area contributed by atoms with Crippen LogP contribution < -0.4 is 4.74 Å². The van der Waals surface area contributed by atoms with Gasteiger partial charge in [-0.3, -0.25) is 14.6 Å². The second-order valence-corrected chi connectivity index (χ2v) is 7.59. The molecule has 1 fully saturated rings. The monoisotopic (exact) mass is 432 g/mol. The highest BCUT2D eigenvalue weighted by Crippen LogP contribution is 2.40. The summed E-state index contributed by atoms with van der Waals surface area (Å²) in [5.41, 5.74) is 1.74. The molecule has 1 N–H and O–H groups in total. The number of amides is 1. The maximum absolute atomic E-state index is 13.0. The number of aromatic nitrogens is 1. The smallest absolute Gasteiger partial charge is 0.296 e. The Morgan fingerprint density at radius 2 is 2.03 bits per heavy atom. The molecule has 32 heavy (non-hydrogen) atoms.